The first-order valence-electron chi connectivity index (χ1n) is 8.97. The minimum absolute atomic E-state index is 0.226. The van der Waals surface area contributed by atoms with Gasteiger partial charge in [-0.2, -0.15) is 0 Å². The Morgan fingerprint density at radius 3 is 2.44 bits per heavy atom. The van der Waals surface area contributed by atoms with Gasteiger partial charge in [-0.3, -0.25) is 9.78 Å². The largest absolute Gasteiger partial charge is 0.387 e. The lowest BCUT2D eigenvalue weighted by molar-refractivity contribution is 0.102. The Morgan fingerprint density at radius 1 is 1.00 bits per heavy atom. The SMILES string of the molecule is O=C(Nc1ccccc1)c1cc(CCNC[C@H](O)c2ccccc2)ccn1. The van der Waals surface area contributed by atoms with Crippen molar-refractivity contribution >= 4 is 11.6 Å². The summed E-state index contributed by atoms with van der Waals surface area (Å²) < 4.78 is 0. The first kappa shape index (κ1) is 18.8. The number of carbonyl (C=O) groups excluding carboxylic acids is 1. The van der Waals surface area contributed by atoms with Crippen LogP contribution in [0.25, 0.3) is 0 Å². The molecule has 0 radical (unpaired) electrons. The third-order valence-corrected chi connectivity index (χ3v) is 4.20. The molecule has 27 heavy (non-hydrogen) atoms. The standard InChI is InChI=1S/C22H23N3O2/c26-21(18-7-3-1-4-8-18)16-23-13-11-17-12-14-24-20(15-17)22(27)25-19-9-5-2-6-10-19/h1-10,12,14-15,21,23,26H,11,13,16H2,(H,25,27)/t21-/m0/s1. The van der Waals surface area contributed by atoms with Gasteiger partial charge in [-0.15, -0.1) is 0 Å². The maximum atomic E-state index is 12.3. The minimum Gasteiger partial charge on any atom is -0.387 e. The fourth-order valence-corrected chi connectivity index (χ4v) is 2.74. The van der Waals surface area contributed by atoms with E-state index in [9.17, 15) is 9.90 Å². The summed E-state index contributed by atoms with van der Waals surface area (Å²) in [5.41, 5.74) is 3.05. The van der Waals surface area contributed by atoms with E-state index in [1.165, 1.54) is 0 Å². The molecular formula is C22H23N3O2. The molecule has 0 saturated carbocycles. The molecule has 2 aromatic carbocycles. The molecule has 0 saturated heterocycles. The first-order valence-corrected chi connectivity index (χ1v) is 8.97. The normalized spacial score (nSPS) is 11.7. The lowest BCUT2D eigenvalue weighted by Crippen LogP contribution is -2.24. The number of anilines is 1. The Hall–Kier alpha value is -3.02. The number of benzene rings is 2. The second kappa shape index (κ2) is 9.62. The van der Waals surface area contributed by atoms with E-state index in [1.54, 1.807) is 12.3 Å². The molecule has 1 amide bonds. The summed E-state index contributed by atoms with van der Waals surface area (Å²) in [6, 6.07) is 22.6. The highest BCUT2D eigenvalue weighted by atomic mass is 16.3. The summed E-state index contributed by atoms with van der Waals surface area (Å²) in [5.74, 6) is -0.226. The number of para-hydroxylation sites is 1. The molecule has 0 aliphatic carbocycles. The summed E-state index contributed by atoms with van der Waals surface area (Å²) in [5, 5.41) is 16.2. The molecule has 138 valence electrons. The molecule has 1 aromatic heterocycles. The topological polar surface area (TPSA) is 74.2 Å². The molecule has 1 atom stereocenters. The number of aliphatic hydroxyl groups excluding tert-OH is 1. The van der Waals surface area contributed by atoms with E-state index in [2.05, 4.69) is 15.6 Å². The van der Waals surface area contributed by atoms with E-state index in [-0.39, 0.29) is 5.91 Å². The second-order valence-electron chi connectivity index (χ2n) is 6.25. The van der Waals surface area contributed by atoms with Crippen LogP contribution in [0.3, 0.4) is 0 Å². The molecule has 0 unspecified atom stereocenters. The minimum atomic E-state index is -0.532. The van der Waals surface area contributed by atoms with Crippen LogP contribution in [0.2, 0.25) is 0 Å². The number of aliphatic hydroxyl groups is 1. The van der Waals surface area contributed by atoms with Crippen LogP contribution in [-0.4, -0.2) is 29.1 Å². The van der Waals surface area contributed by atoms with Crippen molar-refractivity contribution in [1.82, 2.24) is 10.3 Å². The van der Waals surface area contributed by atoms with Crippen molar-refractivity contribution in [2.45, 2.75) is 12.5 Å². The Bertz CT molecular complexity index is 854. The van der Waals surface area contributed by atoms with Crippen LogP contribution >= 0.6 is 0 Å². The Morgan fingerprint density at radius 2 is 1.70 bits per heavy atom. The lowest BCUT2D eigenvalue weighted by Gasteiger charge is -2.12. The summed E-state index contributed by atoms with van der Waals surface area (Å²) in [7, 11) is 0. The average Bonchev–Trinajstić information content (AvgIpc) is 2.72. The van der Waals surface area contributed by atoms with Gasteiger partial charge in [0, 0.05) is 18.4 Å². The van der Waals surface area contributed by atoms with Gasteiger partial charge in [0.05, 0.1) is 6.10 Å². The number of amides is 1. The van der Waals surface area contributed by atoms with Crippen LogP contribution in [0, 0.1) is 0 Å². The Labute approximate surface area is 159 Å². The zero-order valence-corrected chi connectivity index (χ0v) is 15.0. The number of aromatic nitrogens is 1. The molecule has 0 aliphatic heterocycles. The van der Waals surface area contributed by atoms with E-state index in [0.29, 0.717) is 18.8 Å². The fourth-order valence-electron chi connectivity index (χ4n) is 2.74. The molecule has 0 spiro atoms. The zero-order chi connectivity index (χ0) is 18.9. The number of pyridine rings is 1. The molecule has 0 bridgehead atoms. The Kier molecular flexibility index (Phi) is 6.68. The van der Waals surface area contributed by atoms with Crippen LogP contribution in [0.5, 0.6) is 0 Å². The van der Waals surface area contributed by atoms with Crippen molar-refractivity contribution in [3.05, 3.63) is 95.8 Å². The molecule has 0 aliphatic rings. The molecular weight excluding hydrogens is 338 g/mol. The van der Waals surface area contributed by atoms with Crippen molar-refractivity contribution < 1.29 is 9.90 Å². The third kappa shape index (κ3) is 5.74. The maximum absolute atomic E-state index is 12.3. The van der Waals surface area contributed by atoms with Crippen molar-refractivity contribution in [1.29, 1.82) is 0 Å². The molecule has 3 N–H and O–H groups in total. The summed E-state index contributed by atoms with van der Waals surface area (Å²) in [4.78, 5) is 16.5. The monoisotopic (exact) mass is 361 g/mol. The first-order chi connectivity index (χ1) is 13.2. The van der Waals surface area contributed by atoms with Crippen molar-refractivity contribution in [2.75, 3.05) is 18.4 Å². The molecule has 5 heteroatoms. The highest BCUT2D eigenvalue weighted by molar-refractivity contribution is 6.02. The summed E-state index contributed by atoms with van der Waals surface area (Å²) in [6.07, 6.45) is 1.86. The van der Waals surface area contributed by atoms with Gasteiger partial charge in [-0.05, 0) is 48.4 Å². The van der Waals surface area contributed by atoms with Gasteiger partial charge in [-0.1, -0.05) is 48.5 Å². The molecule has 5 nitrogen and oxygen atoms in total. The van der Waals surface area contributed by atoms with E-state index in [4.69, 9.17) is 0 Å². The zero-order valence-electron chi connectivity index (χ0n) is 15.0. The van der Waals surface area contributed by atoms with Gasteiger partial charge < -0.3 is 15.7 Å². The van der Waals surface area contributed by atoms with Gasteiger partial charge in [0.25, 0.3) is 5.91 Å². The van der Waals surface area contributed by atoms with Crippen LogP contribution in [0.1, 0.15) is 27.7 Å². The van der Waals surface area contributed by atoms with Gasteiger partial charge in [0.15, 0.2) is 0 Å². The molecule has 3 rings (SSSR count). The smallest absolute Gasteiger partial charge is 0.274 e. The van der Waals surface area contributed by atoms with Gasteiger partial charge in [-0.25, -0.2) is 0 Å². The number of rotatable bonds is 8. The molecule has 0 fully saturated rings. The van der Waals surface area contributed by atoms with Crippen molar-refractivity contribution in [3.63, 3.8) is 0 Å². The number of hydrogen-bond acceptors (Lipinski definition) is 4. The Balaban J connectivity index is 1.48. The van der Waals surface area contributed by atoms with Crippen molar-refractivity contribution in [2.24, 2.45) is 0 Å². The quantitative estimate of drug-likeness (QED) is 0.539. The van der Waals surface area contributed by atoms with Gasteiger partial charge in [0.2, 0.25) is 0 Å². The third-order valence-electron chi connectivity index (χ3n) is 4.20. The number of nitrogens with zero attached hydrogens (tertiary/aromatic N) is 1. The highest BCUT2D eigenvalue weighted by Gasteiger charge is 2.09. The molecule has 1 heterocycles. The lowest BCUT2D eigenvalue weighted by atomic mass is 10.1. The number of hydrogen-bond donors (Lipinski definition) is 3. The van der Waals surface area contributed by atoms with Gasteiger partial charge in [0.1, 0.15) is 5.69 Å². The summed E-state index contributed by atoms with van der Waals surface area (Å²) in [6.45, 7) is 1.18. The highest BCUT2D eigenvalue weighted by Crippen LogP contribution is 2.11. The second-order valence-corrected chi connectivity index (χ2v) is 6.25. The van der Waals surface area contributed by atoms with Crippen LogP contribution in [-0.2, 0) is 6.42 Å². The van der Waals surface area contributed by atoms with Crippen molar-refractivity contribution in [3.8, 4) is 0 Å². The van der Waals surface area contributed by atoms with E-state index in [1.807, 2.05) is 66.7 Å². The number of nitrogens with one attached hydrogen (secondary N) is 2. The van der Waals surface area contributed by atoms with Crippen LogP contribution < -0.4 is 10.6 Å². The van der Waals surface area contributed by atoms with Crippen LogP contribution in [0.15, 0.2) is 79.0 Å². The maximum Gasteiger partial charge on any atom is 0.274 e. The predicted octanol–water partition coefficient (Wildman–Crippen LogP) is 3.20. The average molecular weight is 361 g/mol. The van der Waals surface area contributed by atoms with E-state index < -0.39 is 6.10 Å². The van der Waals surface area contributed by atoms with E-state index >= 15 is 0 Å². The van der Waals surface area contributed by atoms with E-state index in [0.717, 1.165) is 23.2 Å². The van der Waals surface area contributed by atoms with Gasteiger partial charge >= 0.3 is 0 Å². The fraction of sp³-hybridized carbons (Fsp3) is 0.182. The predicted molar refractivity (Wildman–Crippen MR) is 107 cm³/mol. The molecule has 3 aromatic rings. The van der Waals surface area contributed by atoms with Crippen LogP contribution in [0.4, 0.5) is 5.69 Å². The number of carbonyl (C=O) groups is 1. The summed E-state index contributed by atoms with van der Waals surface area (Å²) >= 11 is 0.